The van der Waals surface area contributed by atoms with E-state index in [2.05, 4.69) is 161 Å². The van der Waals surface area contributed by atoms with E-state index >= 15 is 0 Å². The third-order valence-corrected chi connectivity index (χ3v) is 11.3. The number of benzene rings is 9. The Hall–Kier alpha value is -7.34. The van der Waals surface area contributed by atoms with Crippen LogP contribution in [0.2, 0.25) is 0 Å². The van der Waals surface area contributed by atoms with Crippen molar-refractivity contribution < 1.29 is 0 Å². The first-order valence-electron chi connectivity index (χ1n) is 19.4. The Balaban J connectivity index is 0.000000202. The second kappa shape index (κ2) is 14.6. The number of allylic oxidation sites excluding steroid dienone is 1. The van der Waals surface area contributed by atoms with Crippen LogP contribution in [0.3, 0.4) is 0 Å². The van der Waals surface area contributed by atoms with Gasteiger partial charge in [-0.3, -0.25) is 0 Å². The van der Waals surface area contributed by atoms with E-state index in [9.17, 15) is 0 Å². The third-order valence-electron chi connectivity index (χ3n) is 11.0. The normalized spacial score (nSPS) is 11.8. The zero-order chi connectivity index (χ0) is 39.2. The molecule has 9 aromatic carbocycles. The molecule has 0 radical (unpaired) electrons. The average molecular weight is 763 g/mol. The molecule has 0 bridgehead atoms. The molecular formula is C53H38N4S. The summed E-state index contributed by atoms with van der Waals surface area (Å²) in [6.45, 7) is 0. The van der Waals surface area contributed by atoms with Gasteiger partial charge < -0.3 is 20.3 Å². The zero-order valence-electron chi connectivity index (χ0n) is 31.5. The van der Waals surface area contributed by atoms with Gasteiger partial charge in [-0.25, -0.2) is 0 Å². The lowest BCUT2D eigenvalue weighted by Crippen LogP contribution is -2.02. The SMILES string of the molecule is N=C(/C=C(\N)c1ccccc1)c1ccccc1.Sc1ccc(-n2c3ccccc3c3c4c(ccc32)c2ccccc2c2c4c3ccccc3n2-c2ccccc2)cc1. The van der Waals surface area contributed by atoms with Gasteiger partial charge >= 0.3 is 0 Å². The molecule has 276 valence electrons. The maximum atomic E-state index is 7.95. The molecule has 2 aromatic heterocycles. The second-order valence-corrected chi connectivity index (χ2v) is 15.0. The molecule has 0 spiro atoms. The van der Waals surface area contributed by atoms with E-state index in [0.717, 1.165) is 21.7 Å². The summed E-state index contributed by atoms with van der Waals surface area (Å²) in [5, 5.41) is 18.2. The van der Waals surface area contributed by atoms with Gasteiger partial charge in [0.1, 0.15) is 0 Å². The number of rotatable bonds is 5. The molecule has 5 heteroatoms. The number of nitrogens with zero attached hydrogens (tertiary/aromatic N) is 2. The molecule has 0 amide bonds. The molecule has 0 saturated heterocycles. The standard InChI is InChI=1S/C38H24N2S.C15H14N2/c41-26-20-18-25(19-21-26)39-32-16-8-6-14-30(32)35-34(39)23-22-28-27-12-4-5-13-29(27)38-37(36(28)35)31-15-7-9-17-33(31)40(38)24-10-2-1-3-11-24;16-14(12-7-3-1-4-8-12)11-15(17)13-9-5-2-6-10-13/h1-23,41H;1-11,16H,17H2/b;15-11-,16-14?. The largest absolute Gasteiger partial charge is 0.398 e. The third kappa shape index (κ3) is 5.92. The number of nitrogens with one attached hydrogen (secondary N) is 1. The van der Waals surface area contributed by atoms with Gasteiger partial charge in [0, 0.05) is 54.3 Å². The van der Waals surface area contributed by atoms with Crippen LogP contribution in [-0.4, -0.2) is 14.8 Å². The average Bonchev–Trinajstić information content (AvgIpc) is 3.82. The summed E-state index contributed by atoms with van der Waals surface area (Å²) in [5.41, 5.74) is 16.0. The number of aromatic nitrogens is 2. The quantitative estimate of drug-likeness (QED) is 0.0913. The highest BCUT2D eigenvalue weighted by molar-refractivity contribution is 7.80. The van der Waals surface area contributed by atoms with Crippen LogP contribution in [0.15, 0.2) is 211 Å². The van der Waals surface area contributed by atoms with E-state index in [1.165, 1.54) is 70.8 Å². The van der Waals surface area contributed by atoms with Crippen molar-refractivity contribution in [1.82, 2.24) is 9.13 Å². The summed E-state index contributed by atoms with van der Waals surface area (Å²) < 4.78 is 4.85. The molecule has 0 fully saturated rings. The summed E-state index contributed by atoms with van der Waals surface area (Å²) in [4.78, 5) is 0.960. The first kappa shape index (κ1) is 35.1. The van der Waals surface area contributed by atoms with Gasteiger partial charge in [0.15, 0.2) is 0 Å². The van der Waals surface area contributed by atoms with Crippen molar-refractivity contribution in [2.45, 2.75) is 4.90 Å². The Morgan fingerprint density at radius 1 is 0.414 bits per heavy atom. The van der Waals surface area contributed by atoms with E-state index in [4.69, 9.17) is 11.1 Å². The molecule has 4 nitrogen and oxygen atoms in total. The van der Waals surface area contributed by atoms with E-state index in [0.29, 0.717) is 11.4 Å². The van der Waals surface area contributed by atoms with Crippen LogP contribution >= 0.6 is 12.6 Å². The number of thiol groups is 1. The van der Waals surface area contributed by atoms with Crippen LogP contribution in [-0.2, 0) is 0 Å². The molecule has 2 heterocycles. The van der Waals surface area contributed by atoms with Gasteiger partial charge in [0.25, 0.3) is 0 Å². The predicted octanol–water partition coefficient (Wildman–Crippen LogP) is 13.5. The Bertz CT molecular complexity index is 3340. The Morgan fingerprint density at radius 3 is 1.57 bits per heavy atom. The summed E-state index contributed by atoms with van der Waals surface area (Å²) in [7, 11) is 0. The van der Waals surface area contributed by atoms with Gasteiger partial charge in [0.2, 0.25) is 0 Å². The summed E-state index contributed by atoms with van der Waals surface area (Å²) >= 11 is 4.55. The van der Waals surface area contributed by atoms with Crippen molar-refractivity contribution >= 4 is 89.2 Å². The van der Waals surface area contributed by atoms with Gasteiger partial charge in [-0.05, 0) is 82.6 Å². The van der Waals surface area contributed by atoms with Crippen LogP contribution in [0, 0.1) is 5.41 Å². The van der Waals surface area contributed by atoms with Gasteiger partial charge in [0.05, 0.1) is 27.8 Å². The van der Waals surface area contributed by atoms with Crippen molar-refractivity contribution in [3.05, 3.63) is 217 Å². The number of para-hydroxylation sites is 3. The number of fused-ring (bicyclic) bond motifs is 12. The molecule has 0 aliphatic rings. The molecule has 11 aromatic rings. The van der Waals surface area contributed by atoms with Crippen LogP contribution < -0.4 is 5.73 Å². The van der Waals surface area contributed by atoms with Crippen molar-refractivity contribution in [2.24, 2.45) is 5.73 Å². The van der Waals surface area contributed by atoms with Gasteiger partial charge in [-0.15, -0.1) is 12.6 Å². The van der Waals surface area contributed by atoms with Crippen molar-refractivity contribution in [3.8, 4) is 11.4 Å². The first-order valence-corrected chi connectivity index (χ1v) is 19.8. The van der Waals surface area contributed by atoms with Crippen LogP contribution in [0.1, 0.15) is 11.1 Å². The fraction of sp³-hybridized carbons (Fsp3) is 0. The molecule has 0 atom stereocenters. The monoisotopic (exact) mass is 762 g/mol. The highest BCUT2D eigenvalue weighted by atomic mass is 32.1. The van der Waals surface area contributed by atoms with E-state index in [1.54, 1.807) is 6.08 Å². The Kier molecular flexibility index (Phi) is 8.85. The van der Waals surface area contributed by atoms with E-state index in [-0.39, 0.29) is 0 Å². The summed E-state index contributed by atoms with van der Waals surface area (Å²) in [6, 6.07) is 69.6. The number of hydrogen-bond donors (Lipinski definition) is 3. The second-order valence-electron chi connectivity index (χ2n) is 14.5. The lowest BCUT2D eigenvalue weighted by molar-refractivity contribution is 1.17. The van der Waals surface area contributed by atoms with E-state index < -0.39 is 0 Å². The minimum Gasteiger partial charge on any atom is -0.398 e. The van der Waals surface area contributed by atoms with E-state index in [1.807, 2.05) is 60.7 Å². The molecule has 0 unspecified atom stereocenters. The smallest absolute Gasteiger partial charge is 0.0632 e. The molecule has 3 N–H and O–H groups in total. The summed E-state index contributed by atoms with van der Waals surface area (Å²) in [5.74, 6) is 0. The van der Waals surface area contributed by atoms with Crippen LogP contribution in [0.25, 0.3) is 82.2 Å². The molecular weight excluding hydrogens is 725 g/mol. The minimum atomic E-state index is 0.423. The lowest BCUT2D eigenvalue weighted by Gasteiger charge is -2.13. The lowest BCUT2D eigenvalue weighted by atomic mass is 9.93. The fourth-order valence-electron chi connectivity index (χ4n) is 8.51. The topological polar surface area (TPSA) is 59.7 Å². The van der Waals surface area contributed by atoms with Crippen molar-refractivity contribution in [3.63, 3.8) is 0 Å². The highest BCUT2D eigenvalue weighted by Gasteiger charge is 2.23. The predicted molar refractivity (Wildman–Crippen MR) is 249 cm³/mol. The molecule has 0 saturated carbocycles. The summed E-state index contributed by atoms with van der Waals surface area (Å²) in [6.07, 6.45) is 1.69. The zero-order valence-corrected chi connectivity index (χ0v) is 32.4. The van der Waals surface area contributed by atoms with Crippen LogP contribution in [0.5, 0.6) is 0 Å². The molecule has 58 heavy (non-hydrogen) atoms. The Labute approximate surface area is 341 Å². The molecule has 11 rings (SSSR count). The molecule has 0 aliphatic heterocycles. The fourth-order valence-corrected chi connectivity index (χ4v) is 8.66. The van der Waals surface area contributed by atoms with Gasteiger partial charge in [-0.1, -0.05) is 146 Å². The van der Waals surface area contributed by atoms with Gasteiger partial charge in [-0.2, -0.15) is 0 Å². The van der Waals surface area contributed by atoms with Crippen LogP contribution in [0.4, 0.5) is 0 Å². The maximum absolute atomic E-state index is 7.95. The molecule has 0 aliphatic carbocycles. The number of hydrogen-bond acceptors (Lipinski definition) is 3. The maximum Gasteiger partial charge on any atom is 0.0632 e. The minimum absolute atomic E-state index is 0.423. The Morgan fingerprint density at radius 2 is 0.914 bits per heavy atom. The first-order chi connectivity index (χ1) is 28.6. The number of nitrogens with two attached hydrogens (primary N) is 1. The van der Waals surface area contributed by atoms with Crippen molar-refractivity contribution in [2.75, 3.05) is 0 Å². The van der Waals surface area contributed by atoms with Crippen molar-refractivity contribution in [1.29, 1.82) is 5.41 Å². The highest BCUT2D eigenvalue weighted by Crippen LogP contribution is 2.47.